The third kappa shape index (κ3) is 4.61. The van der Waals surface area contributed by atoms with E-state index in [9.17, 15) is 22.0 Å². The van der Waals surface area contributed by atoms with Crippen LogP contribution in [0.5, 0.6) is 17.2 Å². The smallest absolute Gasteiger partial charge is 0.486 e. The van der Waals surface area contributed by atoms with E-state index >= 15 is 35.1 Å². The van der Waals surface area contributed by atoms with E-state index in [2.05, 4.69) is 0 Å². The Morgan fingerprint density at radius 2 is 0.618 bits per heavy atom. The Kier molecular flexibility index (Phi) is 7.38. The van der Waals surface area contributed by atoms with Gasteiger partial charge in [0.05, 0.1) is 21.5 Å². The Morgan fingerprint density at radius 3 is 1.07 bits per heavy atom. The monoisotopic (exact) mass is 772 g/mol. The number of benzene rings is 9. The normalized spacial score (nSPS) is 12.1. The van der Waals surface area contributed by atoms with E-state index < -0.39 is 154 Å². The average Bonchev–Trinajstić information content (AvgIpc) is 3.16. The van der Waals surface area contributed by atoms with Crippen LogP contribution in [0.2, 0.25) is 0 Å². The molecule has 0 aliphatic heterocycles. The zero-order valence-electron chi connectivity index (χ0n) is 26.5. The summed E-state index contributed by atoms with van der Waals surface area (Å²) in [6.45, 7) is 0. The van der Waals surface area contributed by atoms with Crippen molar-refractivity contribution in [1.82, 2.24) is 0 Å². The molecule has 0 saturated heterocycles. The Morgan fingerprint density at radius 1 is 0.273 bits per heavy atom. The van der Waals surface area contributed by atoms with E-state index in [1.54, 1.807) is 0 Å². The first-order valence-electron chi connectivity index (χ1n) is 15.6. The molecule has 0 spiro atoms. The molecule has 0 unspecified atom stereocenters. The van der Waals surface area contributed by atoms with Crippen LogP contribution in [0.1, 0.15) is 0 Å². The fourth-order valence-corrected chi connectivity index (χ4v) is 7.05. The van der Waals surface area contributed by atoms with Crippen molar-refractivity contribution in [3.05, 3.63) is 136 Å². The molecule has 9 aromatic rings. The average molecular weight is 772 g/mol. The molecule has 0 atom stereocenters. The Bertz CT molecular complexity index is 2960. The summed E-state index contributed by atoms with van der Waals surface area (Å²) in [5.74, 6) is -28.9. The van der Waals surface area contributed by atoms with Gasteiger partial charge in [0.2, 0.25) is 5.82 Å². The lowest BCUT2D eigenvalue weighted by Gasteiger charge is -2.22. The summed E-state index contributed by atoms with van der Waals surface area (Å²) in [4.78, 5) is 0. The number of halogens is 13. The van der Waals surface area contributed by atoms with Crippen molar-refractivity contribution >= 4 is 72.0 Å². The zero-order chi connectivity index (χ0) is 38.9. The van der Waals surface area contributed by atoms with Gasteiger partial charge < -0.3 is 14.0 Å². The van der Waals surface area contributed by atoms with E-state index in [-0.39, 0.29) is 10.8 Å². The second-order valence-electron chi connectivity index (χ2n) is 12.3. The minimum Gasteiger partial charge on any atom is -0.486 e. The van der Waals surface area contributed by atoms with Crippen LogP contribution in [-0.2, 0) is 0 Å². The van der Waals surface area contributed by atoms with Gasteiger partial charge in [-0.15, -0.1) is 0 Å². The van der Waals surface area contributed by atoms with E-state index in [1.807, 2.05) is 0 Å². The lowest BCUT2D eigenvalue weighted by Crippen LogP contribution is -2.38. The molecule has 274 valence electrons. The number of hydrogen-bond acceptors (Lipinski definition) is 3. The largest absolute Gasteiger partial charge is 0.864 e. The van der Waals surface area contributed by atoms with Gasteiger partial charge in [-0.05, 0) is 47.2 Å². The Hall–Kier alpha value is -6.39. The first-order chi connectivity index (χ1) is 26.2. The molecule has 3 nitrogen and oxygen atoms in total. The van der Waals surface area contributed by atoms with Gasteiger partial charge in [0.1, 0.15) is 11.6 Å². The summed E-state index contributed by atoms with van der Waals surface area (Å²) < 4.78 is 214. The van der Waals surface area contributed by atoms with Gasteiger partial charge in [-0.25, -0.2) is 43.9 Å². The fraction of sp³-hybridized carbons (Fsp3) is 0. The number of hydrogen-bond donors (Lipinski definition) is 0. The lowest BCUT2D eigenvalue weighted by atomic mass is 9.91. The molecule has 0 aliphatic rings. The minimum atomic E-state index is -3.03. The highest BCUT2D eigenvalue weighted by molar-refractivity contribution is 6.41. The molecular formula is C38H10BF13O3. The highest BCUT2D eigenvalue weighted by Crippen LogP contribution is 2.47. The zero-order valence-corrected chi connectivity index (χ0v) is 26.5. The van der Waals surface area contributed by atoms with Crippen molar-refractivity contribution in [2.45, 2.75) is 0 Å². The topological polar surface area (TPSA) is 27.7 Å². The van der Waals surface area contributed by atoms with Crippen molar-refractivity contribution in [3.8, 4) is 17.2 Å². The maximum atomic E-state index is 16.0. The van der Waals surface area contributed by atoms with Gasteiger partial charge in [0, 0.05) is 32.3 Å². The molecule has 0 bridgehead atoms. The van der Waals surface area contributed by atoms with Crippen LogP contribution in [0.15, 0.2) is 60.7 Å². The Labute approximate surface area is 296 Å². The molecule has 0 aromatic heterocycles. The molecule has 9 aromatic carbocycles. The predicted molar refractivity (Wildman–Crippen MR) is 174 cm³/mol. The molecular weight excluding hydrogens is 762 g/mol. The van der Waals surface area contributed by atoms with Crippen LogP contribution in [-0.4, -0.2) is 7.32 Å². The molecule has 9 rings (SSSR count). The maximum Gasteiger partial charge on any atom is 0.864 e. The summed E-state index contributed by atoms with van der Waals surface area (Å²) in [6.07, 6.45) is 0. The third-order valence-corrected chi connectivity index (χ3v) is 9.39. The predicted octanol–water partition coefficient (Wildman–Crippen LogP) is 11.8. The molecule has 55 heavy (non-hydrogen) atoms. The Balaban J connectivity index is 1.31. The van der Waals surface area contributed by atoms with Crippen molar-refractivity contribution in [2.24, 2.45) is 0 Å². The van der Waals surface area contributed by atoms with E-state index in [4.69, 9.17) is 14.0 Å². The quantitative estimate of drug-likeness (QED) is 0.0729. The SMILES string of the molecule is Fc1ccc(F)c(OB(Oc2c(F)c(F)c3c(F)c(F)c4c(F)ccc5ccc2c3c54)Oc2c(F)c(F)c3c(F)c(F)c4c(F)ccc5ccc2c3c54)c1F. The first-order valence-corrected chi connectivity index (χ1v) is 15.6. The molecule has 17 heteroatoms. The van der Waals surface area contributed by atoms with E-state index in [0.29, 0.717) is 12.1 Å². The molecule has 0 saturated carbocycles. The molecule has 0 heterocycles. The highest BCUT2D eigenvalue weighted by atomic mass is 19.2. The van der Waals surface area contributed by atoms with Crippen molar-refractivity contribution in [3.63, 3.8) is 0 Å². The van der Waals surface area contributed by atoms with Crippen LogP contribution in [0.25, 0.3) is 64.6 Å². The van der Waals surface area contributed by atoms with Crippen molar-refractivity contribution in [2.75, 3.05) is 0 Å². The molecule has 0 aliphatic carbocycles. The first kappa shape index (κ1) is 34.4. The van der Waals surface area contributed by atoms with Crippen LogP contribution in [0, 0.1) is 75.6 Å². The van der Waals surface area contributed by atoms with Crippen LogP contribution < -0.4 is 14.0 Å². The standard InChI is InChI=1S/C38H10BF13O3/c40-15-7-3-11-1-5-13-21-19(11)23(15)28(45)30(47)25(21)32(49)34(51)36(13)53-39(55-38-18(43)10-9-17(42)27(38)44)54-37-14-6-2-12-4-8-16(41)24-20(12)22(14)26(31(48)29(24)46)33(50)35(37)52/h1-10H. The van der Waals surface area contributed by atoms with E-state index in [1.165, 1.54) is 0 Å². The molecule has 0 radical (unpaired) electrons. The van der Waals surface area contributed by atoms with Gasteiger partial charge in [0.15, 0.2) is 75.4 Å². The highest BCUT2D eigenvalue weighted by Gasteiger charge is 2.40. The van der Waals surface area contributed by atoms with Crippen molar-refractivity contribution < 1.29 is 71.0 Å². The summed E-state index contributed by atoms with van der Waals surface area (Å²) in [6, 6.07) is 8.58. The van der Waals surface area contributed by atoms with Crippen LogP contribution >= 0.6 is 0 Å². The van der Waals surface area contributed by atoms with Gasteiger partial charge in [-0.3, -0.25) is 0 Å². The van der Waals surface area contributed by atoms with Gasteiger partial charge in [-0.2, -0.15) is 13.2 Å². The second kappa shape index (κ2) is 11.8. The minimum absolute atomic E-state index is 0.0102. The summed E-state index contributed by atoms with van der Waals surface area (Å²) in [5.41, 5.74) is 0. The van der Waals surface area contributed by atoms with Gasteiger partial charge >= 0.3 is 7.32 Å². The molecule has 0 N–H and O–H groups in total. The lowest BCUT2D eigenvalue weighted by molar-refractivity contribution is 0.278. The number of rotatable bonds is 6. The molecule has 0 fully saturated rings. The van der Waals surface area contributed by atoms with Gasteiger partial charge in [0.25, 0.3) is 0 Å². The van der Waals surface area contributed by atoms with Gasteiger partial charge in [-0.1, -0.05) is 24.3 Å². The fourth-order valence-electron chi connectivity index (χ4n) is 7.05. The van der Waals surface area contributed by atoms with Crippen molar-refractivity contribution in [1.29, 1.82) is 0 Å². The van der Waals surface area contributed by atoms with Crippen LogP contribution in [0.3, 0.4) is 0 Å². The second-order valence-corrected chi connectivity index (χ2v) is 12.3. The molecule has 0 amide bonds. The summed E-state index contributed by atoms with van der Waals surface area (Å²) in [5, 5.41) is -8.28. The summed E-state index contributed by atoms with van der Waals surface area (Å²) >= 11 is 0. The summed E-state index contributed by atoms with van der Waals surface area (Å²) in [7, 11) is -3.03. The third-order valence-electron chi connectivity index (χ3n) is 9.39. The maximum absolute atomic E-state index is 16.0. The van der Waals surface area contributed by atoms with E-state index in [0.717, 1.165) is 48.5 Å². The van der Waals surface area contributed by atoms with Crippen LogP contribution in [0.4, 0.5) is 57.1 Å².